The minimum Gasteiger partial charge on any atom is -0.237 e. The highest BCUT2D eigenvalue weighted by Crippen LogP contribution is 2.45. The second-order valence-electron chi connectivity index (χ2n) is 15.8. The van der Waals surface area contributed by atoms with E-state index < -0.39 is 0 Å². The van der Waals surface area contributed by atoms with Gasteiger partial charge in [0, 0.05) is 22.1 Å². The Hall–Kier alpha value is -8.70. The highest BCUT2D eigenvalue weighted by Gasteiger charge is 2.21. The van der Waals surface area contributed by atoms with E-state index in [4.69, 9.17) is 23.1 Å². The first kappa shape index (κ1) is 35.3. The molecule has 0 aliphatic heterocycles. The number of fused-ring (bicyclic) bond motifs is 13. The predicted octanol–water partition coefficient (Wildman–Crippen LogP) is 16.3. The van der Waals surface area contributed by atoms with Gasteiger partial charge in [0.1, 0.15) is 5.82 Å². The Labute approximate surface area is 357 Å². The molecule has 0 aliphatic rings. The smallest absolute Gasteiger partial charge is 0.198 e. The standard InChI is InChI=1S/C58H32N4/c1-59-54-25-13-11-23-48(54)56-53-34-37(35-27-29-46-42-19-5-3-15-38(42)40-17-7-9-21-44(40)51(46)31-35)33-50(57(53)62-58(61-56)49-24-12-14-26-55(49)60-2)36-28-30-47-43-20-6-4-16-39(43)41-18-8-10-22-45(41)52(47)32-36/h3-34H. The van der Waals surface area contributed by atoms with E-state index in [-0.39, 0.29) is 0 Å². The van der Waals surface area contributed by atoms with Gasteiger partial charge in [0.05, 0.1) is 24.4 Å². The third-order valence-electron chi connectivity index (χ3n) is 12.5. The van der Waals surface area contributed by atoms with Crippen molar-refractivity contribution >= 4 is 86.9 Å². The summed E-state index contributed by atoms with van der Waals surface area (Å²) < 4.78 is 0. The van der Waals surface area contributed by atoms with Crippen molar-refractivity contribution < 1.29 is 0 Å². The van der Waals surface area contributed by atoms with Gasteiger partial charge in [-0.3, -0.25) is 0 Å². The zero-order valence-electron chi connectivity index (χ0n) is 33.3. The zero-order valence-corrected chi connectivity index (χ0v) is 33.3. The van der Waals surface area contributed by atoms with E-state index in [1.54, 1.807) is 6.07 Å². The first-order valence-electron chi connectivity index (χ1n) is 20.6. The first-order valence-corrected chi connectivity index (χ1v) is 20.6. The molecule has 0 radical (unpaired) electrons. The fraction of sp³-hybridized carbons (Fsp3) is 0. The average Bonchev–Trinajstić information content (AvgIpc) is 3.35. The van der Waals surface area contributed by atoms with Gasteiger partial charge in [0.15, 0.2) is 11.4 Å². The molecule has 62 heavy (non-hydrogen) atoms. The lowest BCUT2D eigenvalue weighted by Gasteiger charge is -2.18. The van der Waals surface area contributed by atoms with E-state index in [9.17, 15) is 0 Å². The maximum Gasteiger partial charge on any atom is 0.198 e. The minimum absolute atomic E-state index is 0.439. The third kappa shape index (κ3) is 5.38. The molecule has 0 N–H and O–H groups in total. The summed E-state index contributed by atoms with van der Waals surface area (Å²) in [5.74, 6) is 0.439. The maximum atomic E-state index is 8.22. The van der Waals surface area contributed by atoms with Crippen molar-refractivity contribution in [1.82, 2.24) is 9.97 Å². The molecule has 0 bridgehead atoms. The van der Waals surface area contributed by atoms with Crippen LogP contribution >= 0.6 is 0 Å². The number of benzene rings is 11. The molecule has 4 nitrogen and oxygen atoms in total. The molecule has 4 heteroatoms. The highest BCUT2D eigenvalue weighted by molar-refractivity contribution is 6.27. The molecule has 12 aromatic rings. The topological polar surface area (TPSA) is 34.5 Å². The van der Waals surface area contributed by atoms with Gasteiger partial charge in [-0.25, -0.2) is 19.7 Å². The second kappa shape index (κ2) is 14.0. The van der Waals surface area contributed by atoms with Crippen LogP contribution in [-0.4, -0.2) is 9.97 Å². The molecule has 0 atom stereocenters. The Kier molecular flexibility index (Phi) is 7.94. The van der Waals surface area contributed by atoms with Crippen molar-refractivity contribution in [3.8, 4) is 44.9 Å². The summed E-state index contributed by atoms with van der Waals surface area (Å²) in [5.41, 5.74) is 7.73. The summed E-state index contributed by atoms with van der Waals surface area (Å²) >= 11 is 0. The molecule has 11 aromatic carbocycles. The number of para-hydroxylation sites is 2. The van der Waals surface area contributed by atoms with Gasteiger partial charge in [-0.1, -0.05) is 170 Å². The molecule has 1 heterocycles. The summed E-state index contributed by atoms with van der Waals surface area (Å²) in [6.45, 7) is 16.3. The molecule has 0 saturated carbocycles. The zero-order chi connectivity index (χ0) is 41.3. The molecular weight excluding hydrogens is 753 g/mol. The van der Waals surface area contributed by atoms with Crippen molar-refractivity contribution in [3.05, 3.63) is 217 Å². The Balaban J connectivity index is 1.22. The molecule has 0 saturated heterocycles. The molecule has 0 unspecified atom stereocenters. The monoisotopic (exact) mass is 784 g/mol. The van der Waals surface area contributed by atoms with E-state index in [0.29, 0.717) is 34.0 Å². The van der Waals surface area contributed by atoms with Crippen LogP contribution < -0.4 is 0 Å². The lowest BCUT2D eigenvalue weighted by atomic mass is 9.88. The van der Waals surface area contributed by atoms with Crippen LogP contribution in [0.25, 0.3) is 130 Å². The van der Waals surface area contributed by atoms with Crippen molar-refractivity contribution in [2.75, 3.05) is 0 Å². The van der Waals surface area contributed by atoms with Crippen molar-refractivity contribution in [1.29, 1.82) is 0 Å². The number of aromatic nitrogens is 2. The average molecular weight is 785 g/mol. The summed E-state index contributed by atoms with van der Waals surface area (Å²) in [6, 6.07) is 67.8. The Morgan fingerprint density at radius 1 is 0.290 bits per heavy atom. The Bertz CT molecular complexity index is 3890. The number of hydrogen-bond donors (Lipinski definition) is 0. The number of nitrogens with zero attached hydrogens (tertiary/aromatic N) is 4. The maximum absolute atomic E-state index is 8.22. The highest BCUT2D eigenvalue weighted by atomic mass is 14.9. The Morgan fingerprint density at radius 2 is 0.677 bits per heavy atom. The van der Waals surface area contributed by atoms with Gasteiger partial charge in [-0.2, -0.15) is 0 Å². The van der Waals surface area contributed by atoms with E-state index in [2.05, 4.69) is 155 Å². The Morgan fingerprint density at radius 3 is 1.19 bits per heavy atom. The quantitative estimate of drug-likeness (QED) is 0.132. The van der Waals surface area contributed by atoms with E-state index in [1.165, 1.54) is 59.2 Å². The normalized spacial score (nSPS) is 11.5. The van der Waals surface area contributed by atoms with Crippen molar-refractivity contribution in [3.63, 3.8) is 0 Å². The van der Waals surface area contributed by atoms with Gasteiger partial charge >= 0.3 is 0 Å². The summed E-state index contributed by atoms with van der Waals surface area (Å²) in [7, 11) is 0. The van der Waals surface area contributed by atoms with Crippen LogP contribution in [0.15, 0.2) is 194 Å². The molecule has 284 valence electrons. The van der Waals surface area contributed by atoms with Crippen LogP contribution in [0.1, 0.15) is 0 Å². The summed E-state index contributed by atoms with van der Waals surface area (Å²) in [4.78, 5) is 18.5. The SMILES string of the molecule is [C-]#[N+]c1ccccc1-c1nc(-c2ccccc2[N+]#[C-])c2cc(-c3ccc4c5ccccc5c5ccccc5c4c3)cc(-c3ccc4c5ccccc5c5ccccc5c4c3)c2n1. The second-order valence-corrected chi connectivity index (χ2v) is 15.8. The van der Waals surface area contributed by atoms with Crippen LogP contribution in [0.3, 0.4) is 0 Å². The summed E-state index contributed by atoms with van der Waals surface area (Å²) in [5, 5.41) is 15.3. The number of hydrogen-bond acceptors (Lipinski definition) is 2. The first-order chi connectivity index (χ1) is 30.7. The van der Waals surface area contributed by atoms with Crippen LogP contribution in [0.5, 0.6) is 0 Å². The fourth-order valence-corrected chi connectivity index (χ4v) is 9.64. The molecule has 0 aliphatic carbocycles. The lowest BCUT2D eigenvalue weighted by Crippen LogP contribution is -1.98. The van der Waals surface area contributed by atoms with Crippen LogP contribution in [0.2, 0.25) is 0 Å². The van der Waals surface area contributed by atoms with Crippen LogP contribution in [0.4, 0.5) is 11.4 Å². The molecule has 0 amide bonds. The van der Waals surface area contributed by atoms with Crippen molar-refractivity contribution in [2.45, 2.75) is 0 Å². The summed E-state index contributed by atoms with van der Waals surface area (Å²) in [6.07, 6.45) is 0. The number of rotatable bonds is 4. The van der Waals surface area contributed by atoms with Crippen molar-refractivity contribution in [2.24, 2.45) is 0 Å². The molecule has 1 aromatic heterocycles. The van der Waals surface area contributed by atoms with E-state index >= 15 is 0 Å². The van der Waals surface area contributed by atoms with E-state index in [0.717, 1.165) is 38.5 Å². The molecule has 12 rings (SSSR count). The van der Waals surface area contributed by atoms with Gasteiger partial charge in [-0.15, -0.1) is 0 Å². The predicted molar refractivity (Wildman–Crippen MR) is 259 cm³/mol. The van der Waals surface area contributed by atoms with Crippen LogP contribution in [0, 0.1) is 13.1 Å². The third-order valence-corrected chi connectivity index (χ3v) is 12.5. The minimum atomic E-state index is 0.439. The molecule has 0 fully saturated rings. The van der Waals surface area contributed by atoms with E-state index in [1.807, 2.05) is 42.5 Å². The molecule has 0 spiro atoms. The largest absolute Gasteiger partial charge is 0.237 e. The lowest BCUT2D eigenvalue weighted by molar-refractivity contribution is 1.23. The van der Waals surface area contributed by atoms with Gasteiger partial charge < -0.3 is 0 Å². The molecular formula is C58H32N4. The van der Waals surface area contributed by atoms with Gasteiger partial charge in [0.25, 0.3) is 0 Å². The fourth-order valence-electron chi connectivity index (χ4n) is 9.64. The van der Waals surface area contributed by atoms with Gasteiger partial charge in [0.2, 0.25) is 0 Å². The van der Waals surface area contributed by atoms with Gasteiger partial charge in [-0.05, 0) is 106 Å². The van der Waals surface area contributed by atoms with Crippen LogP contribution in [-0.2, 0) is 0 Å².